The first-order valence-corrected chi connectivity index (χ1v) is 8.78. The zero-order valence-corrected chi connectivity index (χ0v) is 15.8. The molecular weight excluding hydrogens is 368 g/mol. The lowest BCUT2D eigenvalue weighted by atomic mass is 10.1. The van der Waals surface area contributed by atoms with Crippen LogP contribution in [-0.4, -0.2) is 19.6 Å². The maximum Gasteiger partial charge on any atom is 0.238 e. The fourth-order valence-corrected chi connectivity index (χ4v) is 2.90. The van der Waals surface area contributed by atoms with E-state index in [0.29, 0.717) is 0 Å². The molecule has 1 atom stereocenters. The third kappa shape index (κ3) is 5.08. The largest absolute Gasteiger partial charge is 0.496 e. The van der Waals surface area contributed by atoms with Crippen molar-refractivity contribution in [2.75, 3.05) is 19.0 Å². The van der Waals surface area contributed by atoms with Gasteiger partial charge in [0.05, 0.1) is 18.1 Å². The van der Waals surface area contributed by atoms with E-state index in [9.17, 15) is 4.79 Å². The Hall–Kier alpha value is -1.85. The number of hydrogen-bond acceptors (Lipinski definition) is 3. The van der Waals surface area contributed by atoms with Crippen molar-refractivity contribution in [3.05, 3.63) is 58.1 Å². The number of rotatable bonds is 7. The summed E-state index contributed by atoms with van der Waals surface area (Å²) in [5.41, 5.74) is 3.16. The van der Waals surface area contributed by atoms with Crippen LogP contribution in [0.15, 0.2) is 46.9 Å². The molecule has 0 aliphatic carbocycles. The van der Waals surface area contributed by atoms with Gasteiger partial charge in [-0.15, -0.1) is 0 Å². The molecule has 0 bridgehead atoms. The first-order chi connectivity index (χ1) is 11.5. The van der Waals surface area contributed by atoms with Gasteiger partial charge < -0.3 is 15.4 Å². The molecule has 0 unspecified atom stereocenters. The van der Waals surface area contributed by atoms with Crippen LogP contribution in [0.5, 0.6) is 5.75 Å². The van der Waals surface area contributed by atoms with Gasteiger partial charge in [-0.2, -0.15) is 0 Å². The van der Waals surface area contributed by atoms with Gasteiger partial charge in [-0.05, 0) is 64.7 Å². The molecule has 2 aromatic rings. The van der Waals surface area contributed by atoms with E-state index in [1.54, 1.807) is 7.11 Å². The van der Waals surface area contributed by atoms with E-state index in [1.165, 1.54) is 5.56 Å². The topological polar surface area (TPSA) is 50.4 Å². The molecule has 2 N–H and O–H groups in total. The summed E-state index contributed by atoms with van der Waals surface area (Å²) in [6.45, 7) is 4.38. The van der Waals surface area contributed by atoms with E-state index in [4.69, 9.17) is 4.74 Å². The van der Waals surface area contributed by atoms with Gasteiger partial charge in [-0.3, -0.25) is 4.79 Å². The summed E-state index contributed by atoms with van der Waals surface area (Å²) in [5.74, 6) is 0.734. The third-order valence-electron chi connectivity index (χ3n) is 3.89. The summed E-state index contributed by atoms with van der Waals surface area (Å²) in [4.78, 5) is 12.1. The molecule has 0 aromatic heterocycles. The summed E-state index contributed by atoms with van der Waals surface area (Å²) in [6.07, 6.45) is 0.991. The van der Waals surface area contributed by atoms with Crippen molar-refractivity contribution in [2.45, 2.75) is 26.3 Å². The predicted octanol–water partition coefficient (Wildman–Crippen LogP) is 4.31. The summed E-state index contributed by atoms with van der Waals surface area (Å²) in [6, 6.07) is 13.9. The number of carbonyl (C=O) groups excluding carboxylic acids is 1. The average Bonchev–Trinajstić information content (AvgIpc) is 2.60. The van der Waals surface area contributed by atoms with Crippen molar-refractivity contribution in [2.24, 2.45) is 0 Å². The SMILES string of the molecule is CCc1ccc(NC(=O)CN[C@@H](C)c2ccc(OC)c(Br)c2)cc1. The minimum atomic E-state index is -0.0568. The summed E-state index contributed by atoms with van der Waals surface area (Å²) < 4.78 is 6.13. The van der Waals surface area contributed by atoms with E-state index in [0.717, 1.165) is 27.9 Å². The molecule has 0 saturated carbocycles. The molecule has 0 aliphatic rings. The van der Waals surface area contributed by atoms with E-state index >= 15 is 0 Å². The number of hydrogen-bond donors (Lipinski definition) is 2. The average molecular weight is 391 g/mol. The summed E-state index contributed by atoms with van der Waals surface area (Å²) >= 11 is 3.48. The van der Waals surface area contributed by atoms with Crippen LogP contribution in [0.2, 0.25) is 0 Å². The maximum absolute atomic E-state index is 12.1. The lowest BCUT2D eigenvalue weighted by Gasteiger charge is -2.15. The van der Waals surface area contributed by atoms with Gasteiger partial charge in [0.25, 0.3) is 0 Å². The second kappa shape index (κ2) is 8.85. The highest BCUT2D eigenvalue weighted by molar-refractivity contribution is 9.10. The minimum Gasteiger partial charge on any atom is -0.496 e. The molecule has 0 heterocycles. The Morgan fingerprint density at radius 1 is 1.21 bits per heavy atom. The predicted molar refractivity (Wildman–Crippen MR) is 102 cm³/mol. The van der Waals surface area contributed by atoms with Crippen molar-refractivity contribution in [3.8, 4) is 5.75 Å². The number of halogens is 1. The molecule has 4 nitrogen and oxygen atoms in total. The van der Waals surface area contributed by atoms with Crippen LogP contribution in [0.25, 0.3) is 0 Å². The number of ether oxygens (including phenoxy) is 1. The fourth-order valence-electron chi connectivity index (χ4n) is 2.34. The first kappa shape index (κ1) is 18.5. The van der Waals surface area contributed by atoms with Gasteiger partial charge in [0.15, 0.2) is 0 Å². The molecule has 0 spiro atoms. The minimum absolute atomic E-state index is 0.0559. The van der Waals surface area contributed by atoms with Crippen LogP contribution >= 0.6 is 15.9 Å². The van der Waals surface area contributed by atoms with Gasteiger partial charge in [0.2, 0.25) is 5.91 Å². The Balaban J connectivity index is 1.87. The quantitative estimate of drug-likeness (QED) is 0.740. The molecule has 0 saturated heterocycles. The molecule has 24 heavy (non-hydrogen) atoms. The molecule has 0 radical (unpaired) electrons. The molecule has 1 amide bonds. The van der Waals surface area contributed by atoms with Gasteiger partial charge >= 0.3 is 0 Å². The van der Waals surface area contributed by atoms with Crippen LogP contribution < -0.4 is 15.4 Å². The second-order valence-corrected chi connectivity index (χ2v) is 6.45. The zero-order chi connectivity index (χ0) is 17.5. The summed E-state index contributed by atoms with van der Waals surface area (Å²) in [5, 5.41) is 6.13. The number of anilines is 1. The first-order valence-electron chi connectivity index (χ1n) is 7.99. The highest BCUT2D eigenvalue weighted by atomic mass is 79.9. The van der Waals surface area contributed by atoms with Gasteiger partial charge in [0.1, 0.15) is 5.75 Å². The monoisotopic (exact) mass is 390 g/mol. The van der Waals surface area contributed by atoms with Crippen LogP contribution in [0.1, 0.15) is 31.0 Å². The Morgan fingerprint density at radius 3 is 2.50 bits per heavy atom. The fraction of sp³-hybridized carbons (Fsp3) is 0.316. The van der Waals surface area contributed by atoms with E-state index in [2.05, 4.69) is 33.5 Å². The molecule has 2 aromatic carbocycles. The number of aryl methyl sites for hydroxylation is 1. The van der Waals surface area contributed by atoms with E-state index in [1.807, 2.05) is 49.4 Å². The van der Waals surface area contributed by atoms with Crippen LogP contribution in [0.3, 0.4) is 0 Å². The van der Waals surface area contributed by atoms with Crippen molar-refractivity contribution in [1.29, 1.82) is 0 Å². The molecule has 0 fully saturated rings. The number of benzene rings is 2. The van der Waals surface area contributed by atoms with Gasteiger partial charge in [-0.1, -0.05) is 25.1 Å². The number of methoxy groups -OCH3 is 1. The van der Waals surface area contributed by atoms with E-state index in [-0.39, 0.29) is 18.5 Å². The Bertz CT molecular complexity index is 686. The van der Waals surface area contributed by atoms with Crippen LogP contribution in [-0.2, 0) is 11.2 Å². The number of nitrogens with one attached hydrogen (secondary N) is 2. The number of amides is 1. The van der Waals surface area contributed by atoms with Crippen molar-refractivity contribution >= 4 is 27.5 Å². The molecular formula is C19H23BrN2O2. The number of carbonyl (C=O) groups is 1. The molecule has 0 aliphatic heterocycles. The standard InChI is InChI=1S/C19H23BrN2O2/c1-4-14-5-8-16(9-6-14)22-19(23)12-21-13(2)15-7-10-18(24-3)17(20)11-15/h5-11,13,21H,4,12H2,1-3H3,(H,22,23)/t13-/m0/s1. The maximum atomic E-state index is 12.1. The van der Waals surface area contributed by atoms with E-state index < -0.39 is 0 Å². The van der Waals surface area contributed by atoms with Crippen molar-refractivity contribution in [3.63, 3.8) is 0 Å². The molecule has 5 heteroatoms. The Kier molecular flexibility index (Phi) is 6.82. The third-order valence-corrected chi connectivity index (χ3v) is 4.51. The smallest absolute Gasteiger partial charge is 0.238 e. The van der Waals surface area contributed by atoms with Crippen molar-refractivity contribution < 1.29 is 9.53 Å². The Morgan fingerprint density at radius 2 is 1.92 bits per heavy atom. The normalized spacial score (nSPS) is 11.8. The van der Waals surface area contributed by atoms with Crippen LogP contribution in [0.4, 0.5) is 5.69 Å². The lowest BCUT2D eigenvalue weighted by molar-refractivity contribution is -0.115. The highest BCUT2D eigenvalue weighted by Gasteiger charge is 2.10. The highest BCUT2D eigenvalue weighted by Crippen LogP contribution is 2.27. The lowest BCUT2D eigenvalue weighted by Crippen LogP contribution is -2.30. The van der Waals surface area contributed by atoms with Gasteiger partial charge in [0, 0.05) is 11.7 Å². The molecule has 128 valence electrons. The van der Waals surface area contributed by atoms with Crippen molar-refractivity contribution in [1.82, 2.24) is 5.32 Å². The summed E-state index contributed by atoms with van der Waals surface area (Å²) in [7, 11) is 1.64. The van der Waals surface area contributed by atoms with Crippen LogP contribution in [0, 0.1) is 0 Å². The zero-order valence-electron chi connectivity index (χ0n) is 14.2. The second-order valence-electron chi connectivity index (χ2n) is 5.60. The van der Waals surface area contributed by atoms with Gasteiger partial charge in [-0.25, -0.2) is 0 Å². The Labute approximate surface area is 151 Å². The molecule has 2 rings (SSSR count).